The van der Waals surface area contributed by atoms with E-state index < -0.39 is 0 Å². The third-order valence-electron chi connectivity index (χ3n) is 10.0. The summed E-state index contributed by atoms with van der Waals surface area (Å²) in [5.41, 5.74) is 8.51. The molecule has 11 rings (SSSR count). The minimum absolute atomic E-state index is 0.908. The van der Waals surface area contributed by atoms with Crippen molar-refractivity contribution < 1.29 is 8.83 Å². The highest BCUT2D eigenvalue weighted by atomic mass is 16.3. The van der Waals surface area contributed by atoms with Crippen LogP contribution in [0.5, 0.6) is 0 Å². The zero-order chi connectivity index (χ0) is 29.9. The van der Waals surface area contributed by atoms with Crippen molar-refractivity contribution in [3.05, 3.63) is 146 Å². The lowest BCUT2D eigenvalue weighted by Crippen LogP contribution is -1.93. The smallest absolute Gasteiger partial charge is 0.143 e. The fraction of sp³-hybridized carbons (Fsp3) is 0. The van der Waals surface area contributed by atoms with Gasteiger partial charge in [-0.15, -0.1) is 0 Å². The van der Waals surface area contributed by atoms with Gasteiger partial charge in [-0.2, -0.15) is 0 Å². The van der Waals surface area contributed by atoms with Gasteiger partial charge in [0.1, 0.15) is 22.3 Å². The van der Waals surface area contributed by atoms with Crippen molar-refractivity contribution in [3.63, 3.8) is 0 Å². The average molecular weight is 585 g/mol. The summed E-state index contributed by atoms with van der Waals surface area (Å²) >= 11 is 0. The second-order valence-electron chi connectivity index (χ2n) is 12.3. The molecule has 0 bridgehead atoms. The Morgan fingerprint density at radius 2 is 0.913 bits per heavy atom. The number of para-hydroxylation sites is 1. The van der Waals surface area contributed by atoms with Gasteiger partial charge in [-0.05, 0) is 84.5 Å². The lowest BCUT2D eigenvalue weighted by atomic mass is 9.83. The third-order valence-corrected chi connectivity index (χ3v) is 10.0. The van der Waals surface area contributed by atoms with Crippen LogP contribution in [0.4, 0.5) is 0 Å². The first-order valence-electron chi connectivity index (χ1n) is 15.8. The average Bonchev–Trinajstić information content (AvgIpc) is 3.68. The molecule has 0 fully saturated rings. The molecule has 0 aliphatic heterocycles. The summed E-state index contributed by atoms with van der Waals surface area (Å²) in [5, 5.41) is 14.3. The van der Waals surface area contributed by atoms with E-state index in [1.165, 1.54) is 70.6 Å². The monoisotopic (exact) mass is 584 g/mol. The second-order valence-corrected chi connectivity index (χ2v) is 12.3. The highest BCUT2D eigenvalue weighted by Gasteiger charge is 2.24. The van der Waals surface area contributed by atoms with Crippen LogP contribution in [0.2, 0.25) is 0 Å². The number of hydrogen-bond acceptors (Lipinski definition) is 2. The predicted molar refractivity (Wildman–Crippen MR) is 193 cm³/mol. The largest absolute Gasteiger partial charge is 0.456 e. The molecule has 0 aliphatic carbocycles. The third kappa shape index (κ3) is 3.05. The molecule has 0 spiro atoms. The van der Waals surface area contributed by atoms with Crippen LogP contribution in [0.25, 0.3) is 109 Å². The lowest BCUT2D eigenvalue weighted by molar-refractivity contribution is 0.669. The van der Waals surface area contributed by atoms with Gasteiger partial charge in [0.05, 0.1) is 0 Å². The van der Waals surface area contributed by atoms with Crippen LogP contribution in [0.1, 0.15) is 0 Å². The first kappa shape index (κ1) is 24.2. The van der Waals surface area contributed by atoms with Gasteiger partial charge in [0.15, 0.2) is 0 Å². The molecule has 0 aliphatic rings. The molecule has 0 atom stereocenters. The molecule has 9 aromatic carbocycles. The summed E-state index contributed by atoms with van der Waals surface area (Å²) in [5.74, 6) is 0. The maximum atomic E-state index is 6.76. The Balaban J connectivity index is 1.34. The summed E-state index contributed by atoms with van der Waals surface area (Å²) in [6, 6.07) is 52.4. The Morgan fingerprint density at radius 1 is 0.304 bits per heavy atom. The van der Waals surface area contributed by atoms with Gasteiger partial charge in [0.2, 0.25) is 0 Å². The van der Waals surface area contributed by atoms with E-state index in [4.69, 9.17) is 8.83 Å². The minimum Gasteiger partial charge on any atom is -0.456 e. The zero-order valence-electron chi connectivity index (χ0n) is 24.7. The van der Waals surface area contributed by atoms with E-state index >= 15 is 0 Å². The Labute approximate surface area is 263 Å². The van der Waals surface area contributed by atoms with Crippen LogP contribution in [0, 0.1) is 0 Å². The summed E-state index contributed by atoms with van der Waals surface area (Å²) in [6.45, 7) is 0. The standard InChI is InChI=1S/C44H24O2/c1-2-12-27-26(10-1)24-35-28-13-7-8-18-36(28)46-44(35)43(27)41-31-16-5-3-14-29(31)40(30-15-4-6-17-32(30)41)33-22-23-38-42-34(33)21-20-25-11-9-19-37(45-38)39(25)42/h1-24H. The minimum atomic E-state index is 0.908. The summed E-state index contributed by atoms with van der Waals surface area (Å²) < 4.78 is 13.1. The van der Waals surface area contributed by atoms with Crippen molar-refractivity contribution in [2.24, 2.45) is 0 Å². The molecule has 0 N–H and O–H groups in total. The van der Waals surface area contributed by atoms with Gasteiger partial charge in [-0.3, -0.25) is 0 Å². The Morgan fingerprint density at radius 3 is 1.70 bits per heavy atom. The van der Waals surface area contributed by atoms with Crippen molar-refractivity contribution >= 4 is 87.0 Å². The first-order valence-corrected chi connectivity index (χ1v) is 15.8. The van der Waals surface area contributed by atoms with Crippen LogP contribution in [-0.2, 0) is 0 Å². The van der Waals surface area contributed by atoms with E-state index in [0.717, 1.165) is 38.7 Å². The van der Waals surface area contributed by atoms with Crippen LogP contribution in [-0.4, -0.2) is 0 Å². The number of benzene rings is 9. The normalized spacial score (nSPS) is 12.3. The summed E-state index contributed by atoms with van der Waals surface area (Å²) in [6.07, 6.45) is 0. The fourth-order valence-corrected chi connectivity index (χ4v) is 8.12. The van der Waals surface area contributed by atoms with Crippen LogP contribution < -0.4 is 0 Å². The summed E-state index contributed by atoms with van der Waals surface area (Å²) in [4.78, 5) is 0. The number of fused-ring (bicyclic) bond motifs is 6. The lowest BCUT2D eigenvalue weighted by Gasteiger charge is -2.20. The topological polar surface area (TPSA) is 26.3 Å². The van der Waals surface area contributed by atoms with Crippen molar-refractivity contribution in [1.82, 2.24) is 0 Å². The number of rotatable bonds is 2. The Bertz CT molecular complexity index is 2970. The Kier molecular flexibility index (Phi) is 4.61. The van der Waals surface area contributed by atoms with Crippen molar-refractivity contribution in [3.8, 4) is 22.3 Å². The highest BCUT2D eigenvalue weighted by molar-refractivity contribution is 6.31. The molecule has 212 valence electrons. The molecule has 2 heterocycles. The molecular weight excluding hydrogens is 560 g/mol. The number of hydrogen-bond donors (Lipinski definition) is 0. The van der Waals surface area contributed by atoms with Crippen molar-refractivity contribution in [2.45, 2.75) is 0 Å². The summed E-state index contributed by atoms with van der Waals surface area (Å²) in [7, 11) is 0. The van der Waals surface area contributed by atoms with Crippen LogP contribution in [0.15, 0.2) is 154 Å². The molecule has 2 heteroatoms. The van der Waals surface area contributed by atoms with E-state index in [-0.39, 0.29) is 0 Å². The van der Waals surface area contributed by atoms with E-state index in [1.54, 1.807) is 0 Å². The maximum absolute atomic E-state index is 6.76. The molecule has 0 saturated carbocycles. The Hall–Kier alpha value is -6.12. The molecule has 0 saturated heterocycles. The molecule has 2 aromatic heterocycles. The maximum Gasteiger partial charge on any atom is 0.143 e. The van der Waals surface area contributed by atoms with Gasteiger partial charge in [0, 0.05) is 32.7 Å². The highest BCUT2D eigenvalue weighted by Crippen LogP contribution is 2.50. The predicted octanol–water partition coefficient (Wildman–Crippen LogP) is 12.9. The molecule has 2 nitrogen and oxygen atoms in total. The van der Waals surface area contributed by atoms with Gasteiger partial charge < -0.3 is 8.83 Å². The van der Waals surface area contributed by atoms with E-state index in [9.17, 15) is 0 Å². The zero-order valence-corrected chi connectivity index (χ0v) is 24.7. The van der Waals surface area contributed by atoms with Gasteiger partial charge in [0.25, 0.3) is 0 Å². The molecular formula is C44H24O2. The molecule has 0 amide bonds. The molecule has 0 radical (unpaired) electrons. The van der Waals surface area contributed by atoms with Gasteiger partial charge in [-0.1, -0.05) is 115 Å². The van der Waals surface area contributed by atoms with Crippen molar-refractivity contribution in [1.29, 1.82) is 0 Å². The molecule has 46 heavy (non-hydrogen) atoms. The number of furan rings is 2. The first-order chi connectivity index (χ1) is 22.8. The van der Waals surface area contributed by atoms with E-state index in [0.29, 0.717) is 0 Å². The van der Waals surface area contributed by atoms with Gasteiger partial charge in [-0.25, -0.2) is 0 Å². The second kappa shape index (κ2) is 8.74. The SMILES string of the molecule is c1ccc2c(-c3c4ccccc4c(-c4ccc5oc6cccc7ccc4c5c76)c4ccccc34)c3oc4ccccc4c3cc2c1. The van der Waals surface area contributed by atoms with Crippen LogP contribution in [0.3, 0.4) is 0 Å². The van der Waals surface area contributed by atoms with Gasteiger partial charge >= 0.3 is 0 Å². The molecule has 11 aromatic rings. The molecule has 0 unspecified atom stereocenters. The van der Waals surface area contributed by atoms with E-state index in [2.05, 4.69) is 140 Å². The van der Waals surface area contributed by atoms with E-state index in [1.807, 2.05) is 6.07 Å². The van der Waals surface area contributed by atoms with Crippen LogP contribution >= 0.6 is 0 Å². The quantitative estimate of drug-likeness (QED) is 0.149. The fourth-order valence-electron chi connectivity index (χ4n) is 8.12. The van der Waals surface area contributed by atoms with Crippen molar-refractivity contribution in [2.75, 3.05) is 0 Å².